The van der Waals surface area contributed by atoms with Crippen molar-refractivity contribution in [2.75, 3.05) is 23.7 Å². The van der Waals surface area contributed by atoms with Gasteiger partial charge in [-0.05, 0) is 55.0 Å². The van der Waals surface area contributed by atoms with Crippen molar-refractivity contribution in [2.45, 2.75) is 25.7 Å². The fourth-order valence-electron chi connectivity index (χ4n) is 2.95. The van der Waals surface area contributed by atoms with Crippen LogP contribution >= 0.6 is 0 Å². The zero-order valence-corrected chi connectivity index (χ0v) is 11.9. The molecule has 2 nitrogen and oxygen atoms in total. The van der Waals surface area contributed by atoms with E-state index in [4.69, 9.17) is 5.73 Å². The molecule has 0 atom stereocenters. The highest BCUT2D eigenvalue weighted by Gasteiger charge is 2.17. The van der Waals surface area contributed by atoms with Crippen molar-refractivity contribution in [1.82, 2.24) is 0 Å². The highest BCUT2D eigenvalue weighted by molar-refractivity contribution is 5.57. The van der Waals surface area contributed by atoms with Gasteiger partial charge < -0.3 is 10.6 Å². The first-order valence-corrected chi connectivity index (χ1v) is 7.50. The summed E-state index contributed by atoms with van der Waals surface area (Å²) >= 11 is 0. The molecule has 0 bridgehead atoms. The predicted octanol–water partition coefficient (Wildman–Crippen LogP) is 3.65. The SMILES string of the molecule is Nc1ccc(CCCCN2CCc3ccccc32)cc1. The molecule has 0 saturated heterocycles. The number of nitrogen functional groups attached to an aromatic ring is 1. The minimum Gasteiger partial charge on any atom is -0.399 e. The van der Waals surface area contributed by atoms with Crippen LogP contribution in [0.25, 0.3) is 0 Å². The zero-order valence-electron chi connectivity index (χ0n) is 11.9. The maximum Gasteiger partial charge on any atom is 0.0399 e. The van der Waals surface area contributed by atoms with Gasteiger partial charge in [0.2, 0.25) is 0 Å². The van der Waals surface area contributed by atoms with Crippen molar-refractivity contribution in [3.63, 3.8) is 0 Å². The summed E-state index contributed by atoms with van der Waals surface area (Å²) in [6, 6.07) is 17.1. The third-order valence-electron chi connectivity index (χ3n) is 4.11. The summed E-state index contributed by atoms with van der Waals surface area (Å²) in [6.45, 7) is 2.35. The standard InChI is InChI=1S/C18H22N2/c19-17-10-8-15(9-11-17)5-3-4-13-20-14-12-16-6-1-2-7-18(16)20/h1-2,6-11H,3-5,12-14,19H2. The van der Waals surface area contributed by atoms with Crippen LogP contribution in [0.3, 0.4) is 0 Å². The molecule has 104 valence electrons. The molecular weight excluding hydrogens is 244 g/mol. The summed E-state index contributed by atoms with van der Waals surface area (Å²) in [7, 11) is 0. The third-order valence-corrected chi connectivity index (χ3v) is 4.11. The molecule has 2 aromatic rings. The van der Waals surface area contributed by atoms with Crippen LogP contribution in [0.1, 0.15) is 24.0 Å². The molecule has 0 radical (unpaired) electrons. The molecule has 2 aromatic carbocycles. The first-order chi connectivity index (χ1) is 9.83. The number of para-hydroxylation sites is 1. The molecule has 0 spiro atoms. The second kappa shape index (κ2) is 6.00. The third kappa shape index (κ3) is 2.96. The van der Waals surface area contributed by atoms with E-state index in [-0.39, 0.29) is 0 Å². The van der Waals surface area contributed by atoms with Crippen molar-refractivity contribution in [2.24, 2.45) is 0 Å². The minimum atomic E-state index is 0.849. The summed E-state index contributed by atoms with van der Waals surface area (Å²) < 4.78 is 0. The Morgan fingerprint density at radius 3 is 2.60 bits per heavy atom. The summed E-state index contributed by atoms with van der Waals surface area (Å²) in [5.41, 5.74) is 10.9. The lowest BCUT2D eigenvalue weighted by Gasteiger charge is -2.19. The van der Waals surface area contributed by atoms with E-state index < -0.39 is 0 Å². The minimum absolute atomic E-state index is 0.849. The Balaban J connectivity index is 1.46. The average Bonchev–Trinajstić information content (AvgIpc) is 2.89. The van der Waals surface area contributed by atoms with E-state index in [2.05, 4.69) is 41.3 Å². The number of hydrogen-bond acceptors (Lipinski definition) is 2. The molecule has 0 amide bonds. The Morgan fingerprint density at radius 1 is 0.950 bits per heavy atom. The smallest absolute Gasteiger partial charge is 0.0399 e. The lowest BCUT2D eigenvalue weighted by molar-refractivity contribution is 0.700. The van der Waals surface area contributed by atoms with E-state index in [1.807, 2.05) is 12.1 Å². The van der Waals surface area contributed by atoms with Crippen LogP contribution in [0, 0.1) is 0 Å². The van der Waals surface area contributed by atoms with E-state index in [1.165, 1.54) is 49.2 Å². The number of nitrogens with two attached hydrogens (primary N) is 1. The fraction of sp³-hybridized carbons (Fsp3) is 0.333. The van der Waals surface area contributed by atoms with Gasteiger partial charge in [0.15, 0.2) is 0 Å². The molecule has 2 heteroatoms. The maximum absolute atomic E-state index is 5.70. The van der Waals surface area contributed by atoms with Gasteiger partial charge in [-0.15, -0.1) is 0 Å². The van der Waals surface area contributed by atoms with Gasteiger partial charge in [-0.3, -0.25) is 0 Å². The van der Waals surface area contributed by atoms with E-state index in [0.29, 0.717) is 0 Å². The van der Waals surface area contributed by atoms with Crippen molar-refractivity contribution < 1.29 is 0 Å². The van der Waals surface area contributed by atoms with Gasteiger partial charge in [-0.1, -0.05) is 30.3 Å². The molecule has 0 aromatic heterocycles. The summed E-state index contributed by atoms with van der Waals surface area (Å²) in [6.07, 6.45) is 4.84. The number of benzene rings is 2. The second-order valence-electron chi connectivity index (χ2n) is 5.56. The molecule has 1 aliphatic heterocycles. The molecular formula is C18H22N2. The molecule has 0 fully saturated rings. The van der Waals surface area contributed by atoms with Gasteiger partial charge in [-0.2, -0.15) is 0 Å². The topological polar surface area (TPSA) is 29.3 Å². The first-order valence-electron chi connectivity index (χ1n) is 7.50. The zero-order chi connectivity index (χ0) is 13.8. The van der Waals surface area contributed by atoms with Crippen LogP contribution in [-0.2, 0) is 12.8 Å². The summed E-state index contributed by atoms with van der Waals surface area (Å²) in [5, 5.41) is 0. The van der Waals surface area contributed by atoms with E-state index in [0.717, 1.165) is 12.1 Å². The second-order valence-corrected chi connectivity index (χ2v) is 5.56. The quantitative estimate of drug-likeness (QED) is 0.661. The highest BCUT2D eigenvalue weighted by atomic mass is 15.1. The number of rotatable bonds is 5. The maximum atomic E-state index is 5.70. The number of anilines is 2. The first kappa shape index (κ1) is 13.0. The number of hydrogen-bond donors (Lipinski definition) is 1. The summed E-state index contributed by atoms with van der Waals surface area (Å²) in [5.74, 6) is 0. The van der Waals surface area contributed by atoms with Crippen molar-refractivity contribution >= 4 is 11.4 Å². The Hall–Kier alpha value is -1.96. The fourth-order valence-corrected chi connectivity index (χ4v) is 2.95. The lowest BCUT2D eigenvalue weighted by atomic mass is 10.1. The molecule has 0 saturated carbocycles. The normalized spacial score (nSPS) is 13.5. The van der Waals surface area contributed by atoms with Crippen LogP contribution < -0.4 is 10.6 Å². The van der Waals surface area contributed by atoms with Gasteiger partial charge in [-0.25, -0.2) is 0 Å². The van der Waals surface area contributed by atoms with Crippen LogP contribution in [0.15, 0.2) is 48.5 Å². The highest BCUT2D eigenvalue weighted by Crippen LogP contribution is 2.27. The van der Waals surface area contributed by atoms with E-state index >= 15 is 0 Å². The van der Waals surface area contributed by atoms with E-state index in [1.54, 1.807) is 0 Å². The molecule has 0 aliphatic carbocycles. The molecule has 3 rings (SSSR count). The van der Waals surface area contributed by atoms with Gasteiger partial charge in [0.25, 0.3) is 0 Å². The Kier molecular flexibility index (Phi) is 3.91. The largest absolute Gasteiger partial charge is 0.399 e. The Morgan fingerprint density at radius 2 is 1.75 bits per heavy atom. The Bertz CT molecular complexity index is 560. The molecule has 0 unspecified atom stereocenters. The van der Waals surface area contributed by atoms with Crippen LogP contribution in [0.4, 0.5) is 11.4 Å². The number of aryl methyl sites for hydroxylation is 1. The van der Waals surface area contributed by atoms with Crippen LogP contribution in [0.2, 0.25) is 0 Å². The molecule has 1 aliphatic rings. The Labute approximate surface area is 121 Å². The summed E-state index contributed by atoms with van der Waals surface area (Å²) in [4.78, 5) is 2.53. The number of nitrogens with zero attached hydrogens (tertiary/aromatic N) is 1. The number of unbranched alkanes of at least 4 members (excludes halogenated alkanes) is 1. The predicted molar refractivity (Wildman–Crippen MR) is 86.2 cm³/mol. The van der Waals surface area contributed by atoms with Crippen molar-refractivity contribution in [3.8, 4) is 0 Å². The van der Waals surface area contributed by atoms with Gasteiger partial charge in [0, 0.05) is 24.5 Å². The van der Waals surface area contributed by atoms with Crippen molar-refractivity contribution in [1.29, 1.82) is 0 Å². The monoisotopic (exact) mass is 266 g/mol. The molecule has 20 heavy (non-hydrogen) atoms. The van der Waals surface area contributed by atoms with Crippen molar-refractivity contribution in [3.05, 3.63) is 59.7 Å². The number of fused-ring (bicyclic) bond motifs is 1. The van der Waals surface area contributed by atoms with Gasteiger partial charge in [0.1, 0.15) is 0 Å². The van der Waals surface area contributed by atoms with Gasteiger partial charge in [0.05, 0.1) is 0 Å². The average molecular weight is 266 g/mol. The van der Waals surface area contributed by atoms with Crippen LogP contribution in [-0.4, -0.2) is 13.1 Å². The molecule has 1 heterocycles. The van der Waals surface area contributed by atoms with E-state index in [9.17, 15) is 0 Å². The lowest BCUT2D eigenvalue weighted by Crippen LogP contribution is -2.21. The van der Waals surface area contributed by atoms with Gasteiger partial charge >= 0.3 is 0 Å². The van der Waals surface area contributed by atoms with Crippen LogP contribution in [0.5, 0.6) is 0 Å². The molecule has 2 N–H and O–H groups in total.